The van der Waals surface area contributed by atoms with Crippen LogP contribution >= 0.6 is 0 Å². The van der Waals surface area contributed by atoms with Crippen LogP contribution in [0.25, 0.3) is 0 Å². The van der Waals surface area contributed by atoms with Crippen molar-refractivity contribution in [2.75, 3.05) is 19.6 Å². The molecule has 16 heavy (non-hydrogen) atoms. The largest absolute Gasteiger partial charge is 0.329 e. The van der Waals surface area contributed by atoms with E-state index >= 15 is 0 Å². The lowest BCUT2D eigenvalue weighted by molar-refractivity contribution is 0.273. The maximum absolute atomic E-state index is 12.1. The zero-order valence-corrected chi connectivity index (χ0v) is 11.2. The van der Waals surface area contributed by atoms with Gasteiger partial charge in [0.25, 0.3) is 10.2 Å². The highest BCUT2D eigenvalue weighted by Crippen LogP contribution is 2.18. The molecule has 5 nitrogen and oxygen atoms in total. The monoisotopic (exact) mass is 249 g/mol. The predicted molar refractivity (Wildman–Crippen MR) is 65.2 cm³/mol. The lowest BCUT2D eigenvalue weighted by Gasteiger charge is -2.33. The number of hydrogen-bond acceptors (Lipinski definition) is 3. The van der Waals surface area contributed by atoms with Gasteiger partial charge >= 0.3 is 0 Å². The summed E-state index contributed by atoms with van der Waals surface area (Å²) in [7, 11) is -3.38. The van der Waals surface area contributed by atoms with Gasteiger partial charge in [0.05, 0.1) is 0 Å². The van der Waals surface area contributed by atoms with Gasteiger partial charge in [-0.15, -0.1) is 0 Å². The van der Waals surface area contributed by atoms with Gasteiger partial charge < -0.3 is 5.73 Å². The number of nitrogens with two attached hydrogens (primary N) is 1. The summed E-state index contributed by atoms with van der Waals surface area (Å²) >= 11 is 0. The Bertz CT molecular complexity index is 327. The highest BCUT2D eigenvalue weighted by Gasteiger charge is 2.31. The number of piperidine rings is 1. The second kappa shape index (κ2) is 5.00. The van der Waals surface area contributed by atoms with Crippen LogP contribution in [0.3, 0.4) is 0 Å². The Morgan fingerprint density at radius 2 is 2.12 bits per heavy atom. The van der Waals surface area contributed by atoms with E-state index in [9.17, 15) is 8.42 Å². The summed E-state index contributed by atoms with van der Waals surface area (Å²) in [4.78, 5) is 0. The normalized spacial score (nSPS) is 24.6. The Morgan fingerprint density at radius 1 is 1.50 bits per heavy atom. The maximum atomic E-state index is 12.1. The van der Waals surface area contributed by atoms with Crippen LogP contribution in [0.5, 0.6) is 0 Å². The average Bonchev–Trinajstić information content (AvgIpc) is 2.16. The summed E-state index contributed by atoms with van der Waals surface area (Å²) in [5.74, 6) is 0.436. The highest BCUT2D eigenvalue weighted by molar-refractivity contribution is 7.87. The molecule has 1 atom stereocenters. The third-order valence-electron chi connectivity index (χ3n) is 2.88. The Morgan fingerprint density at radius 3 is 2.62 bits per heavy atom. The summed E-state index contributed by atoms with van der Waals surface area (Å²) in [5, 5.41) is 0. The molecule has 1 saturated heterocycles. The molecule has 0 aromatic heterocycles. The van der Waals surface area contributed by atoms with Crippen molar-refractivity contribution in [3.05, 3.63) is 0 Å². The van der Waals surface area contributed by atoms with Gasteiger partial charge in [0.1, 0.15) is 0 Å². The van der Waals surface area contributed by atoms with E-state index in [-0.39, 0.29) is 6.54 Å². The second-order valence-corrected chi connectivity index (χ2v) is 6.97. The van der Waals surface area contributed by atoms with Crippen LogP contribution in [0.15, 0.2) is 0 Å². The Balaban J connectivity index is 2.70. The lowest BCUT2D eigenvalue weighted by Crippen LogP contribution is -2.55. The maximum Gasteiger partial charge on any atom is 0.279 e. The fraction of sp³-hybridized carbons (Fsp3) is 1.00. The quantitative estimate of drug-likeness (QED) is 0.752. The van der Waals surface area contributed by atoms with Gasteiger partial charge in [-0.05, 0) is 32.6 Å². The molecule has 0 aromatic rings. The first-order chi connectivity index (χ1) is 7.27. The molecule has 0 saturated carbocycles. The van der Waals surface area contributed by atoms with Gasteiger partial charge in [-0.25, -0.2) is 0 Å². The molecule has 6 heteroatoms. The molecule has 1 fully saturated rings. The third-order valence-corrected chi connectivity index (χ3v) is 4.70. The molecule has 1 aliphatic heterocycles. The molecule has 1 heterocycles. The van der Waals surface area contributed by atoms with E-state index < -0.39 is 15.7 Å². The van der Waals surface area contributed by atoms with E-state index in [1.165, 1.54) is 4.31 Å². The molecule has 0 bridgehead atoms. The molecule has 0 aromatic carbocycles. The summed E-state index contributed by atoms with van der Waals surface area (Å²) in [6.07, 6.45) is 2.04. The van der Waals surface area contributed by atoms with E-state index in [1.807, 2.05) is 0 Å². The van der Waals surface area contributed by atoms with Crippen LogP contribution < -0.4 is 10.5 Å². The summed E-state index contributed by atoms with van der Waals surface area (Å²) in [5.41, 5.74) is 4.94. The van der Waals surface area contributed by atoms with Gasteiger partial charge in [0.2, 0.25) is 0 Å². The van der Waals surface area contributed by atoms with Crippen molar-refractivity contribution < 1.29 is 8.42 Å². The molecule has 0 spiro atoms. The van der Waals surface area contributed by atoms with Gasteiger partial charge in [-0.2, -0.15) is 17.4 Å². The number of nitrogens with one attached hydrogen (secondary N) is 1. The van der Waals surface area contributed by atoms with Crippen LogP contribution in [0.4, 0.5) is 0 Å². The van der Waals surface area contributed by atoms with Crippen molar-refractivity contribution in [3.8, 4) is 0 Å². The molecule has 0 aliphatic carbocycles. The van der Waals surface area contributed by atoms with Gasteiger partial charge in [0, 0.05) is 25.2 Å². The SMILES string of the molecule is CC1CCCN(S(=O)(=O)NC(C)(C)CN)C1. The smallest absolute Gasteiger partial charge is 0.279 e. The first-order valence-corrected chi connectivity index (χ1v) is 7.20. The fourth-order valence-electron chi connectivity index (χ4n) is 1.82. The Hall–Kier alpha value is -0.170. The van der Waals surface area contributed by atoms with Gasteiger partial charge in [-0.3, -0.25) is 0 Å². The van der Waals surface area contributed by atoms with Crippen LogP contribution in [0, 0.1) is 5.92 Å². The summed E-state index contributed by atoms with van der Waals surface area (Å²) in [6, 6.07) is 0. The van der Waals surface area contributed by atoms with Crippen molar-refractivity contribution in [3.63, 3.8) is 0 Å². The molecule has 0 amide bonds. The molecule has 0 radical (unpaired) electrons. The first kappa shape index (κ1) is 13.9. The topological polar surface area (TPSA) is 75.4 Å². The Labute approximate surface area is 98.6 Å². The van der Waals surface area contributed by atoms with Crippen LogP contribution in [-0.2, 0) is 10.2 Å². The van der Waals surface area contributed by atoms with Crippen LogP contribution in [0.2, 0.25) is 0 Å². The second-order valence-electron chi connectivity index (χ2n) is 5.30. The summed E-state index contributed by atoms with van der Waals surface area (Å²) in [6.45, 7) is 7.16. The zero-order chi connectivity index (χ0) is 12.4. The molecule has 96 valence electrons. The molecular formula is C10H23N3O2S. The molecule has 1 unspecified atom stereocenters. The molecule has 3 N–H and O–H groups in total. The van der Waals surface area contributed by atoms with E-state index in [1.54, 1.807) is 13.8 Å². The average molecular weight is 249 g/mol. The number of hydrogen-bond donors (Lipinski definition) is 2. The van der Waals surface area contributed by atoms with Crippen molar-refractivity contribution in [1.29, 1.82) is 0 Å². The number of rotatable bonds is 4. The van der Waals surface area contributed by atoms with Gasteiger partial charge in [-0.1, -0.05) is 6.92 Å². The third kappa shape index (κ3) is 3.69. The predicted octanol–water partition coefficient (Wildman–Crippen LogP) is 0.290. The van der Waals surface area contributed by atoms with E-state index in [0.29, 0.717) is 19.0 Å². The zero-order valence-electron chi connectivity index (χ0n) is 10.4. The molecule has 1 aliphatic rings. The standard InChI is InChI=1S/C10H23N3O2S/c1-9-5-4-6-13(7-9)16(14,15)12-10(2,3)8-11/h9,12H,4-8,11H2,1-3H3. The van der Waals surface area contributed by atoms with Crippen LogP contribution in [0.1, 0.15) is 33.6 Å². The Kier molecular flexibility index (Phi) is 4.34. The van der Waals surface area contributed by atoms with Crippen molar-refractivity contribution >= 4 is 10.2 Å². The minimum atomic E-state index is -3.38. The van der Waals surface area contributed by atoms with Crippen molar-refractivity contribution in [1.82, 2.24) is 9.03 Å². The highest BCUT2D eigenvalue weighted by atomic mass is 32.2. The fourth-order valence-corrected chi connectivity index (χ4v) is 3.55. The van der Waals surface area contributed by atoms with Crippen molar-refractivity contribution in [2.45, 2.75) is 39.2 Å². The molecule has 1 rings (SSSR count). The van der Waals surface area contributed by atoms with Gasteiger partial charge in [0.15, 0.2) is 0 Å². The van der Waals surface area contributed by atoms with E-state index in [2.05, 4.69) is 11.6 Å². The molecular weight excluding hydrogens is 226 g/mol. The lowest BCUT2D eigenvalue weighted by atomic mass is 10.0. The number of nitrogens with zero attached hydrogens (tertiary/aromatic N) is 1. The van der Waals surface area contributed by atoms with E-state index in [4.69, 9.17) is 5.73 Å². The van der Waals surface area contributed by atoms with Crippen LogP contribution in [-0.4, -0.2) is 37.9 Å². The van der Waals surface area contributed by atoms with E-state index in [0.717, 1.165) is 12.8 Å². The first-order valence-electron chi connectivity index (χ1n) is 5.76. The van der Waals surface area contributed by atoms with Crippen molar-refractivity contribution in [2.24, 2.45) is 11.7 Å². The minimum absolute atomic E-state index is 0.287. The summed E-state index contributed by atoms with van der Waals surface area (Å²) < 4.78 is 28.3. The minimum Gasteiger partial charge on any atom is -0.329 e.